The standard InChI is InChI=1S/C16H14ClNO2S/c17-14-2-4-15(5-3-14)21(19,20)16-6-1-11-7-12(10-18)9-13(16)8-11/h2-7,11,13H,1,8-9H2. The van der Waals surface area contributed by atoms with E-state index in [1.165, 1.54) is 12.1 Å². The Morgan fingerprint density at radius 1 is 1.24 bits per heavy atom. The lowest BCUT2D eigenvalue weighted by molar-refractivity contribution is 0.424. The van der Waals surface area contributed by atoms with Gasteiger partial charge in [0.15, 0.2) is 0 Å². The first kappa shape index (κ1) is 14.4. The summed E-state index contributed by atoms with van der Waals surface area (Å²) in [5.41, 5.74) is 0.702. The van der Waals surface area contributed by atoms with Gasteiger partial charge < -0.3 is 0 Å². The molecule has 2 aliphatic rings. The van der Waals surface area contributed by atoms with Crippen LogP contribution in [0.2, 0.25) is 5.02 Å². The highest BCUT2D eigenvalue weighted by atomic mass is 35.5. The molecule has 2 bridgehead atoms. The first-order valence-corrected chi connectivity index (χ1v) is 8.68. The summed E-state index contributed by atoms with van der Waals surface area (Å²) >= 11 is 5.82. The highest BCUT2D eigenvalue weighted by Gasteiger charge is 2.35. The van der Waals surface area contributed by atoms with Gasteiger partial charge >= 0.3 is 0 Å². The zero-order valence-electron chi connectivity index (χ0n) is 11.3. The van der Waals surface area contributed by atoms with Gasteiger partial charge in [-0.3, -0.25) is 0 Å². The molecule has 0 aromatic heterocycles. The molecule has 0 fully saturated rings. The highest BCUT2D eigenvalue weighted by Crippen LogP contribution is 2.42. The largest absolute Gasteiger partial charge is 0.219 e. The van der Waals surface area contributed by atoms with Gasteiger partial charge in [0.05, 0.1) is 11.0 Å². The Hall–Kier alpha value is -1.57. The predicted octanol–water partition coefficient (Wildman–Crippen LogP) is 3.88. The molecule has 0 N–H and O–H groups in total. The van der Waals surface area contributed by atoms with Crippen molar-refractivity contribution in [1.82, 2.24) is 0 Å². The minimum Gasteiger partial charge on any atom is -0.219 e. The number of rotatable bonds is 2. The molecule has 2 aliphatic carbocycles. The van der Waals surface area contributed by atoms with E-state index in [0.717, 1.165) is 6.42 Å². The molecule has 0 saturated heterocycles. The fourth-order valence-corrected chi connectivity index (χ4v) is 4.94. The van der Waals surface area contributed by atoms with Crippen molar-refractivity contribution in [3.05, 3.63) is 51.9 Å². The van der Waals surface area contributed by atoms with Crippen LogP contribution >= 0.6 is 11.6 Å². The zero-order chi connectivity index (χ0) is 15.0. The lowest BCUT2D eigenvalue weighted by Crippen LogP contribution is -2.24. The molecule has 0 radical (unpaired) electrons. The molecule has 2 atom stereocenters. The van der Waals surface area contributed by atoms with Crippen LogP contribution in [0.1, 0.15) is 19.3 Å². The van der Waals surface area contributed by atoms with Gasteiger partial charge in [-0.25, -0.2) is 8.42 Å². The Morgan fingerprint density at radius 3 is 2.62 bits per heavy atom. The van der Waals surface area contributed by atoms with Crippen LogP contribution < -0.4 is 0 Å². The topological polar surface area (TPSA) is 57.9 Å². The average molecular weight is 320 g/mol. The number of halogens is 1. The van der Waals surface area contributed by atoms with Crippen molar-refractivity contribution in [3.63, 3.8) is 0 Å². The second-order valence-corrected chi connectivity index (χ2v) is 7.89. The maximum absolute atomic E-state index is 12.8. The summed E-state index contributed by atoms with van der Waals surface area (Å²) in [6.07, 6.45) is 5.82. The van der Waals surface area contributed by atoms with Gasteiger partial charge in [-0.05, 0) is 49.4 Å². The van der Waals surface area contributed by atoms with Crippen LogP contribution in [0.5, 0.6) is 0 Å². The quantitative estimate of drug-likeness (QED) is 0.831. The second-order valence-electron chi connectivity index (χ2n) is 5.50. The Kier molecular flexibility index (Phi) is 3.64. The summed E-state index contributed by atoms with van der Waals surface area (Å²) < 4.78 is 25.6. The molecular formula is C16H14ClNO2S. The molecule has 5 heteroatoms. The third kappa shape index (κ3) is 2.64. The lowest BCUT2D eigenvalue weighted by atomic mass is 9.77. The van der Waals surface area contributed by atoms with Crippen LogP contribution in [-0.2, 0) is 9.84 Å². The van der Waals surface area contributed by atoms with Gasteiger partial charge in [-0.15, -0.1) is 0 Å². The molecule has 3 nitrogen and oxygen atoms in total. The van der Waals surface area contributed by atoms with E-state index in [9.17, 15) is 8.42 Å². The van der Waals surface area contributed by atoms with Crippen molar-refractivity contribution in [1.29, 1.82) is 5.26 Å². The lowest BCUT2D eigenvalue weighted by Gasteiger charge is -2.32. The first-order chi connectivity index (χ1) is 10.0. The summed E-state index contributed by atoms with van der Waals surface area (Å²) in [6, 6.07) is 8.42. The third-order valence-corrected chi connectivity index (χ3v) is 6.36. The summed E-state index contributed by atoms with van der Waals surface area (Å²) in [4.78, 5) is 0.728. The molecule has 21 heavy (non-hydrogen) atoms. The smallest absolute Gasteiger partial charge is 0.202 e. The number of allylic oxidation sites excluding steroid dienone is 4. The molecule has 0 amide bonds. The maximum atomic E-state index is 12.8. The van der Waals surface area contributed by atoms with Crippen molar-refractivity contribution >= 4 is 21.4 Å². The molecule has 0 aliphatic heterocycles. The normalized spacial score (nSPS) is 24.8. The Bertz CT molecular complexity index is 769. The van der Waals surface area contributed by atoms with Crippen LogP contribution in [0.25, 0.3) is 0 Å². The first-order valence-electron chi connectivity index (χ1n) is 6.82. The number of fused-ring (bicyclic) bond motifs is 2. The molecule has 0 spiro atoms. The van der Waals surface area contributed by atoms with E-state index in [0.29, 0.717) is 34.3 Å². The van der Waals surface area contributed by atoms with E-state index >= 15 is 0 Å². The second kappa shape index (κ2) is 5.32. The van der Waals surface area contributed by atoms with Gasteiger partial charge in [-0.1, -0.05) is 23.8 Å². The van der Waals surface area contributed by atoms with E-state index in [1.807, 2.05) is 12.2 Å². The third-order valence-electron chi connectivity index (χ3n) is 4.09. The Labute approximate surface area is 129 Å². The van der Waals surface area contributed by atoms with Crippen LogP contribution in [0.3, 0.4) is 0 Å². The van der Waals surface area contributed by atoms with Gasteiger partial charge in [0.2, 0.25) is 9.84 Å². The van der Waals surface area contributed by atoms with Crippen LogP contribution in [-0.4, -0.2) is 8.42 Å². The van der Waals surface area contributed by atoms with Gasteiger partial charge in [0, 0.05) is 21.4 Å². The van der Waals surface area contributed by atoms with Crippen LogP contribution in [0.15, 0.2) is 51.8 Å². The molecule has 1 aromatic rings. The van der Waals surface area contributed by atoms with Crippen molar-refractivity contribution in [2.45, 2.75) is 24.2 Å². The van der Waals surface area contributed by atoms with E-state index in [-0.39, 0.29) is 10.8 Å². The summed E-state index contributed by atoms with van der Waals surface area (Å²) in [5.74, 6) is 0.214. The summed E-state index contributed by atoms with van der Waals surface area (Å²) in [6.45, 7) is 0. The van der Waals surface area contributed by atoms with Crippen molar-refractivity contribution in [2.75, 3.05) is 0 Å². The number of hydrogen-bond donors (Lipinski definition) is 0. The molecule has 3 rings (SSSR count). The van der Waals surface area contributed by atoms with Crippen molar-refractivity contribution in [3.8, 4) is 6.07 Å². The minimum atomic E-state index is -3.50. The average Bonchev–Trinajstić information content (AvgIpc) is 2.47. The Balaban J connectivity index is 1.97. The highest BCUT2D eigenvalue weighted by molar-refractivity contribution is 7.95. The molecule has 1 aromatic carbocycles. The van der Waals surface area contributed by atoms with Crippen molar-refractivity contribution in [2.24, 2.45) is 11.8 Å². The number of benzene rings is 1. The van der Waals surface area contributed by atoms with Gasteiger partial charge in [0.1, 0.15) is 0 Å². The molecular weight excluding hydrogens is 306 g/mol. The number of nitrogens with zero attached hydrogens (tertiary/aromatic N) is 1. The number of hydrogen-bond acceptors (Lipinski definition) is 3. The van der Waals surface area contributed by atoms with E-state index in [1.54, 1.807) is 12.1 Å². The summed E-state index contributed by atoms with van der Waals surface area (Å²) in [5, 5.41) is 9.59. The molecule has 0 saturated carbocycles. The fraction of sp³-hybridized carbons (Fsp3) is 0.312. The van der Waals surface area contributed by atoms with Gasteiger partial charge in [-0.2, -0.15) is 5.26 Å². The van der Waals surface area contributed by atoms with E-state index in [2.05, 4.69) is 6.07 Å². The predicted molar refractivity (Wildman–Crippen MR) is 81.2 cm³/mol. The van der Waals surface area contributed by atoms with Crippen molar-refractivity contribution < 1.29 is 8.42 Å². The molecule has 2 unspecified atom stereocenters. The van der Waals surface area contributed by atoms with Gasteiger partial charge in [0.25, 0.3) is 0 Å². The Morgan fingerprint density at radius 2 is 1.95 bits per heavy atom. The maximum Gasteiger partial charge on any atom is 0.202 e. The van der Waals surface area contributed by atoms with E-state index in [4.69, 9.17) is 16.9 Å². The van der Waals surface area contributed by atoms with Crippen LogP contribution in [0, 0.1) is 23.2 Å². The SMILES string of the molecule is N#CC1=CC2CC=C(S(=O)(=O)c3ccc(Cl)cc3)C(C1)C2. The minimum absolute atomic E-state index is 0.0796. The molecule has 108 valence electrons. The molecule has 0 heterocycles. The monoisotopic (exact) mass is 319 g/mol. The number of nitriles is 1. The zero-order valence-corrected chi connectivity index (χ0v) is 12.9. The van der Waals surface area contributed by atoms with E-state index < -0.39 is 9.84 Å². The summed E-state index contributed by atoms with van der Waals surface area (Å²) in [7, 11) is -3.50. The van der Waals surface area contributed by atoms with Crippen LogP contribution in [0.4, 0.5) is 0 Å². The fourth-order valence-electron chi connectivity index (χ4n) is 3.11. The number of sulfone groups is 1.